The largest absolute Gasteiger partial charge is 0.294 e. The number of Topliss-reactive ketones (excluding diaryl/α,β-unsaturated/α-hetero) is 1. The first-order valence-electron chi connectivity index (χ1n) is 5.35. The summed E-state index contributed by atoms with van der Waals surface area (Å²) in [7, 11) is 0. The number of rotatable bonds is 5. The standard InChI is InChI=1S/C12H16ClNO/c1-3-6-9(4-2)11(15)10-7-5-8-14-12(10)13/h5,7-9H,3-4,6H2,1-2H3. The normalized spacial score (nSPS) is 12.5. The van der Waals surface area contributed by atoms with Crippen molar-refractivity contribution in [1.29, 1.82) is 0 Å². The summed E-state index contributed by atoms with van der Waals surface area (Å²) in [4.78, 5) is 16.0. The Morgan fingerprint density at radius 1 is 1.53 bits per heavy atom. The van der Waals surface area contributed by atoms with E-state index < -0.39 is 0 Å². The maximum absolute atomic E-state index is 12.1. The Morgan fingerprint density at radius 3 is 2.80 bits per heavy atom. The summed E-state index contributed by atoms with van der Waals surface area (Å²) < 4.78 is 0. The van der Waals surface area contributed by atoms with Crippen LogP contribution in [0.2, 0.25) is 5.15 Å². The number of carbonyl (C=O) groups is 1. The van der Waals surface area contributed by atoms with Crippen LogP contribution in [0.1, 0.15) is 43.5 Å². The molecule has 3 heteroatoms. The second-order valence-corrected chi connectivity index (χ2v) is 3.96. The van der Waals surface area contributed by atoms with Crippen molar-refractivity contribution >= 4 is 17.4 Å². The molecule has 1 rings (SSSR count). The van der Waals surface area contributed by atoms with E-state index in [9.17, 15) is 4.79 Å². The molecule has 0 spiro atoms. The predicted octanol–water partition coefficient (Wildman–Crippen LogP) is 3.74. The van der Waals surface area contributed by atoms with Crippen molar-refractivity contribution in [3.8, 4) is 0 Å². The maximum atomic E-state index is 12.1. The lowest BCUT2D eigenvalue weighted by atomic mass is 9.92. The molecule has 0 aliphatic carbocycles. The monoisotopic (exact) mass is 225 g/mol. The van der Waals surface area contributed by atoms with Crippen molar-refractivity contribution < 1.29 is 4.79 Å². The minimum absolute atomic E-state index is 0.0803. The Morgan fingerprint density at radius 2 is 2.27 bits per heavy atom. The summed E-state index contributed by atoms with van der Waals surface area (Å²) in [5.74, 6) is 0.203. The Balaban J connectivity index is 2.88. The van der Waals surface area contributed by atoms with Gasteiger partial charge in [0.1, 0.15) is 5.15 Å². The zero-order chi connectivity index (χ0) is 11.3. The van der Waals surface area contributed by atoms with Crippen molar-refractivity contribution in [3.05, 3.63) is 29.0 Å². The van der Waals surface area contributed by atoms with E-state index in [0.717, 1.165) is 19.3 Å². The summed E-state index contributed by atoms with van der Waals surface area (Å²) in [6.45, 7) is 4.11. The molecule has 1 aromatic heterocycles. The molecule has 0 saturated carbocycles. The van der Waals surface area contributed by atoms with Gasteiger partial charge in [-0.05, 0) is 25.0 Å². The molecule has 0 radical (unpaired) electrons. The highest BCUT2D eigenvalue weighted by molar-refractivity contribution is 6.32. The molecule has 2 nitrogen and oxygen atoms in total. The lowest BCUT2D eigenvalue weighted by Crippen LogP contribution is -2.14. The van der Waals surface area contributed by atoms with E-state index >= 15 is 0 Å². The smallest absolute Gasteiger partial charge is 0.169 e. The highest BCUT2D eigenvalue weighted by atomic mass is 35.5. The molecule has 0 bridgehead atoms. The molecule has 0 aliphatic heterocycles. The van der Waals surface area contributed by atoms with Crippen molar-refractivity contribution in [2.45, 2.75) is 33.1 Å². The molecule has 1 unspecified atom stereocenters. The SMILES string of the molecule is CCCC(CC)C(=O)c1cccnc1Cl. The number of hydrogen-bond acceptors (Lipinski definition) is 2. The van der Waals surface area contributed by atoms with Gasteiger partial charge in [0, 0.05) is 12.1 Å². The zero-order valence-corrected chi connectivity index (χ0v) is 9.92. The van der Waals surface area contributed by atoms with Crippen LogP contribution in [0.4, 0.5) is 0 Å². The summed E-state index contributed by atoms with van der Waals surface area (Å²) in [5, 5.41) is 0.317. The number of pyridine rings is 1. The van der Waals surface area contributed by atoms with E-state index in [1.807, 2.05) is 6.92 Å². The van der Waals surface area contributed by atoms with Crippen LogP contribution < -0.4 is 0 Å². The second kappa shape index (κ2) is 5.86. The van der Waals surface area contributed by atoms with Gasteiger partial charge in [0.05, 0.1) is 5.56 Å². The van der Waals surface area contributed by atoms with E-state index in [4.69, 9.17) is 11.6 Å². The Hall–Kier alpha value is -0.890. The third-order valence-corrected chi connectivity index (χ3v) is 2.83. The van der Waals surface area contributed by atoms with Gasteiger partial charge in [-0.2, -0.15) is 0 Å². The highest BCUT2D eigenvalue weighted by Gasteiger charge is 2.19. The fourth-order valence-corrected chi connectivity index (χ4v) is 1.87. The quantitative estimate of drug-likeness (QED) is 0.564. The van der Waals surface area contributed by atoms with Crippen LogP contribution >= 0.6 is 11.6 Å². The lowest BCUT2D eigenvalue weighted by Gasteiger charge is -2.12. The van der Waals surface area contributed by atoms with Crippen LogP contribution in [-0.4, -0.2) is 10.8 Å². The minimum atomic E-state index is 0.0803. The lowest BCUT2D eigenvalue weighted by molar-refractivity contribution is 0.0909. The average Bonchev–Trinajstić information content (AvgIpc) is 2.25. The molecule has 0 saturated heterocycles. The number of carbonyl (C=O) groups excluding carboxylic acids is 1. The highest BCUT2D eigenvalue weighted by Crippen LogP contribution is 2.21. The number of aromatic nitrogens is 1. The Bertz CT molecular complexity index is 338. The molecule has 82 valence electrons. The van der Waals surface area contributed by atoms with Crippen molar-refractivity contribution in [2.75, 3.05) is 0 Å². The van der Waals surface area contributed by atoms with Gasteiger partial charge in [-0.1, -0.05) is 31.9 Å². The van der Waals surface area contributed by atoms with E-state index in [1.165, 1.54) is 0 Å². The first-order chi connectivity index (χ1) is 7.20. The molecule has 15 heavy (non-hydrogen) atoms. The molecule has 0 fully saturated rings. The molecular formula is C12H16ClNO. The van der Waals surface area contributed by atoms with Gasteiger partial charge in [-0.25, -0.2) is 4.98 Å². The molecule has 1 atom stereocenters. The summed E-state index contributed by atoms with van der Waals surface area (Å²) in [6, 6.07) is 3.49. The first kappa shape index (κ1) is 12.2. The fraction of sp³-hybridized carbons (Fsp3) is 0.500. The van der Waals surface area contributed by atoms with Crippen LogP contribution in [-0.2, 0) is 0 Å². The van der Waals surface area contributed by atoms with Crippen LogP contribution in [0.5, 0.6) is 0 Å². The third kappa shape index (κ3) is 3.03. The summed E-state index contributed by atoms with van der Waals surface area (Å²) in [6.07, 6.45) is 4.39. The second-order valence-electron chi connectivity index (χ2n) is 3.60. The van der Waals surface area contributed by atoms with Gasteiger partial charge in [0.2, 0.25) is 0 Å². The fourth-order valence-electron chi connectivity index (χ4n) is 1.66. The molecule has 0 aromatic carbocycles. The van der Waals surface area contributed by atoms with Gasteiger partial charge in [0.15, 0.2) is 5.78 Å². The minimum Gasteiger partial charge on any atom is -0.294 e. The average molecular weight is 226 g/mol. The number of hydrogen-bond donors (Lipinski definition) is 0. The van der Waals surface area contributed by atoms with Gasteiger partial charge in [-0.15, -0.1) is 0 Å². The topological polar surface area (TPSA) is 30.0 Å². The molecule has 1 heterocycles. The van der Waals surface area contributed by atoms with E-state index in [1.54, 1.807) is 18.3 Å². The molecule has 0 N–H and O–H groups in total. The predicted molar refractivity (Wildman–Crippen MR) is 62.3 cm³/mol. The van der Waals surface area contributed by atoms with Crippen LogP contribution in [0, 0.1) is 5.92 Å². The van der Waals surface area contributed by atoms with E-state index in [0.29, 0.717) is 10.7 Å². The van der Waals surface area contributed by atoms with Gasteiger partial charge < -0.3 is 0 Å². The van der Waals surface area contributed by atoms with Crippen LogP contribution in [0.25, 0.3) is 0 Å². The molecular weight excluding hydrogens is 210 g/mol. The zero-order valence-electron chi connectivity index (χ0n) is 9.16. The number of nitrogens with zero attached hydrogens (tertiary/aromatic N) is 1. The maximum Gasteiger partial charge on any atom is 0.169 e. The molecule has 0 aliphatic rings. The van der Waals surface area contributed by atoms with Gasteiger partial charge >= 0.3 is 0 Å². The number of ketones is 1. The Labute approximate surface area is 95.7 Å². The van der Waals surface area contributed by atoms with Gasteiger partial charge in [-0.3, -0.25) is 4.79 Å². The third-order valence-electron chi connectivity index (χ3n) is 2.53. The van der Waals surface area contributed by atoms with E-state index in [-0.39, 0.29) is 11.7 Å². The Kier molecular flexibility index (Phi) is 4.76. The van der Waals surface area contributed by atoms with Crippen LogP contribution in [0.15, 0.2) is 18.3 Å². The summed E-state index contributed by atoms with van der Waals surface area (Å²) >= 11 is 5.89. The number of halogens is 1. The van der Waals surface area contributed by atoms with Crippen molar-refractivity contribution in [2.24, 2.45) is 5.92 Å². The first-order valence-corrected chi connectivity index (χ1v) is 5.73. The molecule has 1 aromatic rings. The van der Waals surface area contributed by atoms with Crippen molar-refractivity contribution in [3.63, 3.8) is 0 Å². The van der Waals surface area contributed by atoms with Gasteiger partial charge in [0.25, 0.3) is 0 Å². The molecule has 0 amide bonds. The van der Waals surface area contributed by atoms with E-state index in [2.05, 4.69) is 11.9 Å². The summed E-state index contributed by atoms with van der Waals surface area (Å²) in [5.41, 5.74) is 0.555. The van der Waals surface area contributed by atoms with Crippen molar-refractivity contribution in [1.82, 2.24) is 4.98 Å². The van der Waals surface area contributed by atoms with Crippen LogP contribution in [0.3, 0.4) is 0 Å².